The molecule has 1 N–H and O–H groups in total. The molecule has 2 heterocycles. The van der Waals surface area contributed by atoms with Gasteiger partial charge < -0.3 is 10.2 Å². The van der Waals surface area contributed by atoms with Crippen LogP contribution in [0.1, 0.15) is 21.5 Å². The normalized spacial score (nSPS) is 12.8. The van der Waals surface area contributed by atoms with E-state index in [-0.39, 0.29) is 11.8 Å². The zero-order chi connectivity index (χ0) is 19.7. The first-order valence-corrected chi connectivity index (χ1v) is 9.73. The van der Waals surface area contributed by atoms with Gasteiger partial charge in [-0.15, -0.1) is 0 Å². The summed E-state index contributed by atoms with van der Waals surface area (Å²) < 4.78 is 0. The van der Waals surface area contributed by atoms with Crippen LogP contribution in [0.4, 0.5) is 11.4 Å². The van der Waals surface area contributed by atoms with Gasteiger partial charge in [-0.05, 0) is 42.8 Å². The molecule has 0 saturated heterocycles. The lowest BCUT2D eigenvalue weighted by Crippen LogP contribution is -2.26. The molecule has 6 heteroatoms. The number of hydrogen-bond donors (Lipinski definition) is 1. The van der Waals surface area contributed by atoms with Crippen molar-refractivity contribution in [2.75, 3.05) is 17.3 Å². The Bertz CT molecular complexity index is 1060. The van der Waals surface area contributed by atoms with E-state index in [0.717, 1.165) is 16.1 Å². The van der Waals surface area contributed by atoms with Crippen molar-refractivity contribution in [1.29, 1.82) is 0 Å². The fourth-order valence-corrected chi connectivity index (χ4v) is 4.16. The summed E-state index contributed by atoms with van der Waals surface area (Å²) in [5, 5.41) is 3.62. The minimum atomic E-state index is -0.0921. The second-order valence-electron chi connectivity index (χ2n) is 6.72. The van der Waals surface area contributed by atoms with Crippen molar-refractivity contribution >= 4 is 35.0 Å². The molecule has 0 bridgehead atoms. The summed E-state index contributed by atoms with van der Waals surface area (Å²) in [6.45, 7) is 2.02. The van der Waals surface area contributed by atoms with Crippen LogP contribution in [0.2, 0.25) is 0 Å². The standard InChI is InChI=1S/C22H19N3O2S/c1-14-5-7-15(8-6-14)12-20(26)24-16-9-10-18-19(13-16)28-21-17(4-3-11-23-21)22(27)25(18)2/h3-11,13H,12H2,1-2H3,(H,24,26). The minimum Gasteiger partial charge on any atom is -0.326 e. The summed E-state index contributed by atoms with van der Waals surface area (Å²) >= 11 is 1.43. The van der Waals surface area contributed by atoms with Crippen molar-refractivity contribution in [3.05, 3.63) is 77.5 Å². The summed E-state index contributed by atoms with van der Waals surface area (Å²) in [6.07, 6.45) is 1.99. The predicted molar refractivity (Wildman–Crippen MR) is 111 cm³/mol. The molecule has 0 atom stereocenters. The molecule has 1 aromatic heterocycles. The van der Waals surface area contributed by atoms with E-state index in [2.05, 4.69) is 10.3 Å². The number of amides is 2. The highest BCUT2D eigenvalue weighted by molar-refractivity contribution is 7.99. The van der Waals surface area contributed by atoms with Gasteiger partial charge in [0.25, 0.3) is 5.91 Å². The number of aromatic nitrogens is 1. The molecule has 28 heavy (non-hydrogen) atoms. The SMILES string of the molecule is Cc1ccc(CC(=O)Nc2ccc3c(c2)Sc2ncccc2C(=O)N3C)cc1. The third-order valence-corrected chi connectivity index (χ3v) is 5.67. The van der Waals surface area contributed by atoms with Crippen LogP contribution in [0.25, 0.3) is 0 Å². The fraction of sp³-hybridized carbons (Fsp3) is 0.136. The first-order chi connectivity index (χ1) is 13.5. The van der Waals surface area contributed by atoms with Gasteiger partial charge in [-0.1, -0.05) is 41.6 Å². The molecule has 2 amide bonds. The smallest absolute Gasteiger partial charge is 0.260 e. The van der Waals surface area contributed by atoms with Crippen LogP contribution >= 0.6 is 11.8 Å². The Morgan fingerprint density at radius 3 is 2.71 bits per heavy atom. The summed E-state index contributed by atoms with van der Waals surface area (Å²) in [5.74, 6) is -0.170. The van der Waals surface area contributed by atoms with Crippen LogP contribution in [0, 0.1) is 6.92 Å². The number of rotatable bonds is 3. The molecule has 0 saturated carbocycles. The molecule has 0 radical (unpaired) electrons. The van der Waals surface area contributed by atoms with E-state index in [1.807, 2.05) is 49.4 Å². The Balaban J connectivity index is 1.57. The number of nitrogens with zero attached hydrogens (tertiary/aromatic N) is 2. The number of hydrogen-bond acceptors (Lipinski definition) is 4. The monoisotopic (exact) mass is 389 g/mol. The number of pyridine rings is 1. The quantitative estimate of drug-likeness (QED) is 0.725. The molecule has 140 valence electrons. The van der Waals surface area contributed by atoms with Gasteiger partial charge in [-0.2, -0.15) is 0 Å². The van der Waals surface area contributed by atoms with E-state index in [4.69, 9.17) is 0 Å². The highest BCUT2D eigenvalue weighted by Crippen LogP contribution is 2.41. The Kier molecular flexibility index (Phi) is 4.88. The summed E-state index contributed by atoms with van der Waals surface area (Å²) in [4.78, 5) is 32.0. The third-order valence-electron chi connectivity index (χ3n) is 4.60. The summed E-state index contributed by atoms with van der Waals surface area (Å²) in [6, 6.07) is 17.0. The highest BCUT2D eigenvalue weighted by atomic mass is 32.2. The highest BCUT2D eigenvalue weighted by Gasteiger charge is 2.25. The van der Waals surface area contributed by atoms with Gasteiger partial charge in [0, 0.05) is 23.8 Å². The predicted octanol–water partition coefficient (Wildman–Crippen LogP) is 4.31. The minimum absolute atomic E-state index is 0.0784. The van der Waals surface area contributed by atoms with Gasteiger partial charge in [0.05, 0.1) is 17.7 Å². The lowest BCUT2D eigenvalue weighted by atomic mass is 10.1. The molecule has 2 aromatic carbocycles. The van der Waals surface area contributed by atoms with Crippen molar-refractivity contribution < 1.29 is 9.59 Å². The van der Waals surface area contributed by atoms with Gasteiger partial charge in [0.1, 0.15) is 5.03 Å². The molecule has 0 spiro atoms. The Hall–Kier alpha value is -3.12. The number of carbonyl (C=O) groups is 2. The van der Waals surface area contributed by atoms with Gasteiger partial charge in [-0.25, -0.2) is 4.98 Å². The van der Waals surface area contributed by atoms with E-state index in [9.17, 15) is 9.59 Å². The lowest BCUT2D eigenvalue weighted by molar-refractivity contribution is -0.115. The van der Waals surface area contributed by atoms with Crippen LogP contribution < -0.4 is 10.2 Å². The largest absolute Gasteiger partial charge is 0.326 e. The summed E-state index contributed by atoms with van der Waals surface area (Å²) in [7, 11) is 1.75. The Morgan fingerprint density at radius 2 is 1.93 bits per heavy atom. The zero-order valence-electron chi connectivity index (χ0n) is 15.6. The molecule has 5 nitrogen and oxygen atoms in total. The molecule has 4 rings (SSSR count). The van der Waals surface area contributed by atoms with Crippen LogP contribution in [0.15, 0.2) is 70.7 Å². The molecule has 0 aliphatic carbocycles. The molecule has 3 aromatic rings. The van der Waals surface area contributed by atoms with E-state index in [0.29, 0.717) is 22.7 Å². The fourth-order valence-electron chi connectivity index (χ4n) is 3.08. The van der Waals surface area contributed by atoms with Crippen LogP contribution in [-0.4, -0.2) is 23.8 Å². The first-order valence-electron chi connectivity index (χ1n) is 8.91. The van der Waals surface area contributed by atoms with E-state index in [1.165, 1.54) is 17.3 Å². The van der Waals surface area contributed by atoms with Gasteiger partial charge in [0.15, 0.2) is 0 Å². The maximum atomic E-state index is 12.7. The first kappa shape index (κ1) is 18.3. The average molecular weight is 389 g/mol. The van der Waals surface area contributed by atoms with Crippen LogP contribution in [-0.2, 0) is 11.2 Å². The molecular weight excluding hydrogens is 370 g/mol. The molecule has 0 unspecified atom stereocenters. The van der Waals surface area contributed by atoms with E-state index < -0.39 is 0 Å². The van der Waals surface area contributed by atoms with Crippen molar-refractivity contribution in [3.8, 4) is 0 Å². The Morgan fingerprint density at radius 1 is 1.14 bits per heavy atom. The summed E-state index contributed by atoms with van der Waals surface area (Å²) in [5.41, 5.74) is 4.21. The van der Waals surface area contributed by atoms with Gasteiger partial charge in [0.2, 0.25) is 5.91 Å². The maximum absolute atomic E-state index is 12.7. The number of nitrogens with one attached hydrogen (secondary N) is 1. The number of anilines is 2. The number of carbonyl (C=O) groups excluding carboxylic acids is 2. The Labute approximate surface area is 167 Å². The van der Waals surface area contributed by atoms with E-state index in [1.54, 1.807) is 30.3 Å². The molecule has 1 aliphatic heterocycles. The van der Waals surface area contributed by atoms with Crippen molar-refractivity contribution in [3.63, 3.8) is 0 Å². The van der Waals surface area contributed by atoms with Crippen LogP contribution in [0.5, 0.6) is 0 Å². The van der Waals surface area contributed by atoms with Crippen molar-refractivity contribution in [2.24, 2.45) is 0 Å². The lowest BCUT2D eigenvalue weighted by Gasteiger charge is -2.18. The van der Waals surface area contributed by atoms with E-state index >= 15 is 0 Å². The van der Waals surface area contributed by atoms with Gasteiger partial charge >= 0.3 is 0 Å². The molecular formula is C22H19N3O2S. The number of aryl methyl sites for hydroxylation is 1. The number of fused-ring (bicyclic) bond motifs is 2. The second-order valence-corrected chi connectivity index (χ2v) is 7.75. The molecule has 0 fully saturated rings. The van der Waals surface area contributed by atoms with Gasteiger partial charge in [-0.3, -0.25) is 9.59 Å². The second kappa shape index (κ2) is 7.48. The zero-order valence-corrected chi connectivity index (χ0v) is 16.4. The molecule has 1 aliphatic rings. The van der Waals surface area contributed by atoms with Crippen molar-refractivity contribution in [1.82, 2.24) is 4.98 Å². The third kappa shape index (κ3) is 3.64. The topological polar surface area (TPSA) is 62.3 Å². The number of benzene rings is 2. The average Bonchev–Trinajstić information content (AvgIpc) is 2.79. The maximum Gasteiger partial charge on any atom is 0.260 e. The van der Waals surface area contributed by atoms with Crippen molar-refractivity contribution in [2.45, 2.75) is 23.3 Å². The van der Waals surface area contributed by atoms with Crippen LogP contribution in [0.3, 0.4) is 0 Å².